The van der Waals surface area contributed by atoms with Gasteiger partial charge < -0.3 is 9.84 Å². The van der Waals surface area contributed by atoms with Gasteiger partial charge >= 0.3 is 5.97 Å². The molecule has 0 fully saturated rings. The van der Waals surface area contributed by atoms with Crippen molar-refractivity contribution in [1.29, 1.82) is 0 Å². The molecular weight excluding hydrogens is 330 g/mol. The van der Waals surface area contributed by atoms with Crippen molar-refractivity contribution in [3.05, 3.63) is 54.1 Å². The van der Waals surface area contributed by atoms with E-state index in [1.54, 1.807) is 31.2 Å². The Labute approximate surface area is 151 Å². The highest BCUT2D eigenvalue weighted by Crippen LogP contribution is 2.30. The van der Waals surface area contributed by atoms with Gasteiger partial charge in [-0.3, -0.25) is 0 Å². The van der Waals surface area contributed by atoms with E-state index in [1.807, 2.05) is 12.1 Å². The second kappa shape index (κ2) is 6.29. The van der Waals surface area contributed by atoms with Crippen LogP contribution in [0.5, 0.6) is 11.5 Å². The van der Waals surface area contributed by atoms with Crippen LogP contribution in [0, 0.1) is 0 Å². The zero-order valence-electron chi connectivity index (χ0n) is 15.3. The largest absolute Gasteiger partial charge is 0.506 e. The van der Waals surface area contributed by atoms with Crippen molar-refractivity contribution in [3.63, 3.8) is 0 Å². The molecule has 134 valence electrons. The molecule has 26 heavy (non-hydrogen) atoms. The third-order valence-electron chi connectivity index (χ3n) is 3.97. The van der Waals surface area contributed by atoms with Gasteiger partial charge in [-0.1, -0.05) is 33.4 Å². The lowest BCUT2D eigenvalue weighted by Gasteiger charge is -2.19. The highest BCUT2D eigenvalue weighted by atomic mass is 16.5. The molecule has 3 rings (SSSR count). The van der Waals surface area contributed by atoms with E-state index in [-0.39, 0.29) is 11.2 Å². The lowest BCUT2D eigenvalue weighted by molar-refractivity contribution is -0.130. The summed E-state index contributed by atoms with van der Waals surface area (Å²) in [6.07, 6.45) is 0. The predicted molar refractivity (Wildman–Crippen MR) is 99.7 cm³/mol. The molecule has 0 radical (unpaired) electrons. The summed E-state index contributed by atoms with van der Waals surface area (Å²) in [7, 11) is 0. The molecule has 0 aliphatic rings. The van der Waals surface area contributed by atoms with E-state index < -0.39 is 5.97 Å². The van der Waals surface area contributed by atoms with Crippen LogP contribution in [0.2, 0.25) is 0 Å². The van der Waals surface area contributed by atoms with E-state index in [0.29, 0.717) is 28.0 Å². The van der Waals surface area contributed by atoms with Crippen LogP contribution in [0.4, 0.5) is 0 Å². The third-order valence-corrected chi connectivity index (χ3v) is 3.97. The summed E-state index contributed by atoms with van der Waals surface area (Å²) in [6.45, 7) is 11.4. The highest BCUT2D eigenvalue weighted by molar-refractivity contribution is 5.89. The molecule has 1 heterocycles. The minimum Gasteiger partial charge on any atom is -0.506 e. The monoisotopic (exact) mass is 351 g/mol. The molecule has 0 saturated carbocycles. The fraction of sp³-hybridized carbons (Fsp3) is 0.250. The molecule has 0 spiro atoms. The van der Waals surface area contributed by atoms with E-state index >= 15 is 0 Å². The van der Waals surface area contributed by atoms with Crippen LogP contribution in [0.25, 0.3) is 16.7 Å². The quantitative estimate of drug-likeness (QED) is 0.440. The molecule has 0 bridgehead atoms. The Kier molecular flexibility index (Phi) is 4.28. The lowest BCUT2D eigenvalue weighted by atomic mass is 9.87. The van der Waals surface area contributed by atoms with Crippen LogP contribution in [0.3, 0.4) is 0 Å². The van der Waals surface area contributed by atoms with Gasteiger partial charge in [0.2, 0.25) is 0 Å². The minimum atomic E-state index is -0.493. The first-order valence-electron chi connectivity index (χ1n) is 8.24. The summed E-state index contributed by atoms with van der Waals surface area (Å²) in [6, 6.07) is 10.4. The van der Waals surface area contributed by atoms with E-state index in [2.05, 4.69) is 37.5 Å². The van der Waals surface area contributed by atoms with Crippen molar-refractivity contribution < 1.29 is 14.6 Å². The number of ether oxygens (including phenoxy) is 1. The van der Waals surface area contributed by atoms with Crippen LogP contribution in [0.1, 0.15) is 33.3 Å². The summed E-state index contributed by atoms with van der Waals surface area (Å²) in [5, 5.41) is 19.1. The second-order valence-corrected chi connectivity index (χ2v) is 7.26. The molecule has 2 aromatic carbocycles. The van der Waals surface area contributed by atoms with Gasteiger partial charge in [0, 0.05) is 11.6 Å². The van der Waals surface area contributed by atoms with E-state index in [1.165, 1.54) is 4.80 Å². The van der Waals surface area contributed by atoms with Crippen molar-refractivity contribution in [2.45, 2.75) is 33.1 Å². The summed E-state index contributed by atoms with van der Waals surface area (Å²) in [5.74, 6) is -0.0373. The van der Waals surface area contributed by atoms with Gasteiger partial charge in [-0.15, -0.1) is 15.0 Å². The van der Waals surface area contributed by atoms with E-state index in [0.717, 1.165) is 5.56 Å². The number of esters is 1. The van der Waals surface area contributed by atoms with Gasteiger partial charge in [-0.2, -0.15) is 0 Å². The molecule has 6 nitrogen and oxygen atoms in total. The molecule has 0 saturated heterocycles. The van der Waals surface area contributed by atoms with Crippen molar-refractivity contribution in [3.8, 4) is 17.2 Å². The number of hydrogen-bond donors (Lipinski definition) is 1. The number of benzene rings is 2. The predicted octanol–water partition coefficient (Wildman–Crippen LogP) is 3.91. The molecule has 0 unspecified atom stereocenters. The number of aromatic nitrogens is 3. The number of carbonyl (C=O) groups is 1. The Morgan fingerprint density at radius 1 is 1.12 bits per heavy atom. The van der Waals surface area contributed by atoms with Crippen LogP contribution >= 0.6 is 0 Å². The van der Waals surface area contributed by atoms with Gasteiger partial charge in [-0.05, 0) is 42.2 Å². The SMILES string of the molecule is C=C(C)C(=O)Oc1ccc2nn(-c3cc(C(C)(C)C)ccc3O)nc2c1. The van der Waals surface area contributed by atoms with Crippen molar-refractivity contribution in [1.82, 2.24) is 15.0 Å². The number of carbonyl (C=O) groups excluding carboxylic acids is 1. The maximum Gasteiger partial charge on any atom is 0.338 e. The molecule has 0 aliphatic carbocycles. The zero-order chi connectivity index (χ0) is 19.1. The fourth-order valence-corrected chi connectivity index (χ4v) is 2.41. The molecular formula is C20H21N3O3. The fourth-order valence-electron chi connectivity index (χ4n) is 2.41. The van der Waals surface area contributed by atoms with Gasteiger partial charge in [0.25, 0.3) is 0 Å². The molecule has 1 N–H and O–H groups in total. The van der Waals surface area contributed by atoms with Crippen LogP contribution in [0.15, 0.2) is 48.6 Å². The number of nitrogens with zero attached hydrogens (tertiary/aromatic N) is 3. The van der Waals surface area contributed by atoms with Crippen LogP contribution in [-0.4, -0.2) is 26.1 Å². The maximum atomic E-state index is 11.7. The Bertz CT molecular complexity index is 1010. The standard InChI is InChI=1S/C20H21N3O3/c1-12(2)19(25)26-14-7-8-15-16(11-14)22-23(21-15)17-10-13(20(3,4)5)6-9-18(17)24/h6-11,24H,1H2,2-5H3. The number of fused-ring (bicyclic) bond motifs is 1. The highest BCUT2D eigenvalue weighted by Gasteiger charge is 2.17. The number of phenolic OH excluding ortho intramolecular Hbond substituents is 1. The Morgan fingerprint density at radius 3 is 2.46 bits per heavy atom. The summed E-state index contributed by atoms with van der Waals surface area (Å²) in [5.41, 5.74) is 2.98. The Morgan fingerprint density at radius 2 is 1.81 bits per heavy atom. The molecule has 0 aliphatic heterocycles. The van der Waals surface area contributed by atoms with E-state index in [4.69, 9.17) is 4.74 Å². The molecule has 0 atom stereocenters. The third kappa shape index (κ3) is 3.44. The first kappa shape index (κ1) is 17.7. The minimum absolute atomic E-state index is 0.0705. The number of hydrogen-bond acceptors (Lipinski definition) is 5. The first-order valence-corrected chi connectivity index (χ1v) is 8.24. The summed E-state index contributed by atoms with van der Waals surface area (Å²) < 4.78 is 5.22. The average Bonchev–Trinajstić information content (AvgIpc) is 2.97. The molecule has 3 aromatic rings. The summed E-state index contributed by atoms with van der Waals surface area (Å²) in [4.78, 5) is 13.0. The van der Waals surface area contributed by atoms with Gasteiger partial charge in [-0.25, -0.2) is 4.79 Å². The van der Waals surface area contributed by atoms with Crippen molar-refractivity contribution >= 4 is 17.0 Å². The first-order chi connectivity index (χ1) is 12.1. The Hall–Kier alpha value is -3.15. The normalized spacial score (nSPS) is 11.5. The smallest absolute Gasteiger partial charge is 0.338 e. The number of rotatable bonds is 3. The lowest BCUT2D eigenvalue weighted by Crippen LogP contribution is -2.12. The van der Waals surface area contributed by atoms with Crippen molar-refractivity contribution in [2.24, 2.45) is 0 Å². The van der Waals surface area contributed by atoms with Gasteiger partial charge in [0.15, 0.2) is 0 Å². The van der Waals surface area contributed by atoms with Gasteiger partial charge in [0.05, 0.1) is 0 Å². The topological polar surface area (TPSA) is 77.2 Å². The van der Waals surface area contributed by atoms with E-state index in [9.17, 15) is 9.90 Å². The molecule has 0 amide bonds. The molecule has 1 aromatic heterocycles. The van der Waals surface area contributed by atoms with Crippen LogP contribution in [-0.2, 0) is 10.2 Å². The maximum absolute atomic E-state index is 11.7. The second-order valence-electron chi connectivity index (χ2n) is 7.26. The molecule has 6 heteroatoms. The number of phenols is 1. The van der Waals surface area contributed by atoms with Crippen LogP contribution < -0.4 is 4.74 Å². The average molecular weight is 351 g/mol. The number of aromatic hydroxyl groups is 1. The zero-order valence-corrected chi connectivity index (χ0v) is 15.3. The Balaban J connectivity index is 2.02. The van der Waals surface area contributed by atoms with Gasteiger partial charge in [0.1, 0.15) is 28.2 Å². The van der Waals surface area contributed by atoms with Crippen molar-refractivity contribution in [2.75, 3.05) is 0 Å². The summed E-state index contributed by atoms with van der Waals surface area (Å²) >= 11 is 0.